The van der Waals surface area contributed by atoms with E-state index in [1.165, 1.54) is 9.08 Å². The molecule has 2 N–H and O–H groups in total. The van der Waals surface area contributed by atoms with Crippen LogP contribution in [0.3, 0.4) is 0 Å². The van der Waals surface area contributed by atoms with E-state index in [-0.39, 0.29) is 25.1 Å². The van der Waals surface area contributed by atoms with Gasteiger partial charge in [0.2, 0.25) is 5.95 Å². The second kappa shape index (κ2) is 8.80. The quantitative estimate of drug-likeness (QED) is 0.360. The van der Waals surface area contributed by atoms with Gasteiger partial charge in [0, 0.05) is 25.4 Å². The van der Waals surface area contributed by atoms with Crippen molar-refractivity contribution in [3.63, 3.8) is 0 Å². The summed E-state index contributed by atoms with van der Waals surface area (Å²) in [6.45, 7) is 1.89. The van der Waals surface area contributed by atoms with Crippen molar-refractivity contribution in [2.75, 3.05) is 44.0 Å². The van der Waals surface area contributed by atoms with Gasteiger partial charge in [0.1, 0.15) is 22.9 Å². The smallest absolute Gasteiger partial charge is 0.281 e. The number of likely N-dealkylation sites (tertiary alicyclic amines) is 1. The zero-order valence-corrected chi connectivity index (χ0v) is 20.1. The number of hydrogen-bond donors (Lipinski definition) is 2. The first-order valence-electron chi connectivity index (χ1n) is 11.9. The van der Waals surface area contributed by atoms with Crippen molar-refractivity contribution in [3.8, 4) is 11.3 Å². The molecular weight excluding hydrogens is 494 g/mol. The summed E-state index contributed by atoms with van der Waals surface area (Å²) < 4.78 is 63.8. The fourth-order valence-corrected chi connectivity index (χ4v) is 4.92. The average Bonchev–Trinajstić information content (AvgIpc) is 3.45. The summed E-state index contributed by atoms with van der Waals surface area (Å²) in [5, 5.41) is 10.2. The Kier molecular flexibility index (Phi) is 5.67. The molecule has 2 aliphatic heterocycles. The number of rotatable bonds is 7. The molecular formula is C23H25F4N9O. The lowest BCUT2D eigenvalue weighted by atomic mass is 10.2. The maximum absolute atomic E-state index is 14.7. The first kappa shape index (κ1) is 23.9. The summed E-state index contributed by atoms with van der Waals surface area (Å²) in [6.07, 6.45) is -0.870. The van der Waals surface area contributed by atoms with Gasteiger partial charge >= 0.3 is 0 Å². The van der Waals surface area contributed by atoms with E-state index in [4.69, 9.17) is 4.74 Å². The Morgan fingerprint density at radius 3 is 2.68 bits per heavy atom. The van der Waals surface area contributed by atoms with E-state index >= 15 is 0 Å². The van der Waals surface area contributed by atoms with Crippen LogP contribution in [0.25, 0.3) is 27.9 Å². The third-order valence-electron chi connectivity index (χ3n) is 6.91. The molecule has 6 heterocycles. The Labute approximate surface area is 208 Å². The molecule has 10 nitrogen and oxygen atoms in total. The van der Waals surface area contributed by atoms with Crippen LogP contribution in [0.15, 0.2) is 24.4 Å². The van der Waals surface area contributed by atoms with E-state index in [9.17, 15) is 17.6 Å². The molecule has 14 heteroatoms. The number of halogens is 4. The van der Waals surface area contributed by atoms with Crippen molar-refractivity contribution in [1.82, 2.24) is 34.0 Å². The van der Waals surface area contributed by atoms with Gasteiger partial charge in [-0.25, -0.2) is 32.0 Å². The van der Waals surface area contributed by atoms with E-state index in [2.05, 4.69) is 30.7 Å². The fourth-order valence-electron chi connectivity index (χ4n) is 4.92. The van der Waals surface area contributed by atoms with Gasteiger partial charge in [0.05, 0.1) is 38.0 Å². The predicted octanol–water partition coefficient (Wildman–Crippen LogP) is 2.89. The van der Waals surface area contributed by atoms with Gasteiger partial charge in [-0.15, -0.1) is 5.10 Å². The van der Waals surface area contributed by atoms with Gasteiger partial charge in [0.25, 0.3) is 12.3 Å². The third-order valence-corrected chi connectivity index (χ3v) is 6.91. The third kappa shape index (κ3) is 4.13. The lowest BCUT2D eigenvalue weighted by Gasteiger charge is -2.34. The molecule has 0 amide bonds. The minimum absolute atomic E-state index is 0.00609. The molecule has 0 radical (unpaired) electrons. The molecule has 2 fully saturated rings. The molecule has 0 aliphatic carbocycles. The maximum atomic E-state index is 14.7. The number of anilines is 2. The summed E-state index contributed by atoms with van der Waals surface area (Å²) >= 11 is 0. The Bertz CT molecular complexity index is 1470. The molecule has 1 atom stereocenters. The highest BCUT2D eigenvalue weighted by molar-refractivity contribution is 5.89. The molecule has 0 spiro atoms. The number of nitrogens with one attached hydrogen (secondary N) is 2. The molecule has 4 aromatic rings. The number of hydrogen-bond acceptors (Lipinski definition) is 8. The highest BCUT2D eigenvalue weighted by Crippen LogP contribution is 2.34. The van der Waals surface area contributed by atoms with Crippen LogP contribution in [0.5, 0.6) is 0 Å². The summed E-state index contributed by atoms with van der Waals surface area (Å²) in [7, 11) is 1.67. The number of imidazole rings is 1. The minimum Gasteiger partial charge on any atom is -0.378 e. The van der Waals surface area contributed by atoms with Crippen LogP contribution in [0.2, 0.25) is 0 Å². The second-order valence-electron chi connectivity index (χ2n) is 9.34. The standard InChI is InChI=1S/C23H25F4N9O/c1-12-29-16-4-3-15(30-21(16)35(12)8-18(24)25)14-5-6-36-19(14)20(28-2)32-22(33-36)31-17-7-34(11-23(17,26)27)13-9-37-10-13/h3-6,13,17-18H,7-11H2,1-2H3,(H2,28,31,32,33)/t17-/m1/s1. The number of ether oxygens (including phenoxy) is 1. The van der Waals surface area contributed by atoms with Gasteiger partial charge in [-0.2, -0.15) is 4.98 Å². The van der Waals surface area contributed by atoms with Gasteiger partial charge in [0.15, 0.2) is 11.5 Å². The number of alkyl halides is 4. The zero-order valence-electron chi connectivity index (χ0n) is 20.1. The summed E-state index contributed by atoms with van der Waals surface area (Å²) in [4.78, 5) is 15.1. The topological polar surface area (TPSA) is 97.4 Å². The molecule has 4 aromatic heterocycles. The molecule has 0 bridgehead atoms. The Morgan fingerprint density at radius 1 is 1.16 bits per heavy atom. The van der Waals surface area contributed by atoms with Crippen LogP contribution >= 0.6 is 0 Å². The fraction of sp³-hybridized carbons (Fsp3) is 0.478. The number of aryl methyl sites for hydroxylation is 1. The largest absolute Gasteiger partial charge is 0.378 e. The summed E-state index contributed by atoms with van der Waals surface area (Å²) in [5.41, 5.74) is 2.62. The number of fused-ring (bicyclic) bond motifs is 2. The van der Waals surface area contributed by atoms with Crippen LogP contribution < -0.4 is 10.6 Å². The maximum Gasteiger partial charge on any atom is 0.281 e. The van der Waals surface area contributed by atoms with Crippen molar-refractivity contribution < 1.29 is 22.3 Å². The van der Waals surface area contributed by atoms with Crippen molar-refractivity contribution >= 4 is 28.4 Å². The first-order valence-corrected chi connectivity index (χ1v) is 11.9. The average molecular weight is 520 g/mol. The summed E-state index contributed by atoms with van der Waals surface area (Å²) in [6, 6.07) is 4.11. The zero-order chi connectivity index (χ0) is 25.9. The molecule has 37 heavy (non-hydrogen) atoms. The number of aromatic nitrogens is 6. The number of nitrogens with zero attached hydrogens (tertiary/aromatic N) is 7. The van der Waals surface area contributed by atoms with Crippen LogP contribution in [-0.4, -0.2) is 91.8 Å². The predicted molar refractivity (Wildman–Crippen MR) is 128 cm³/mol. The van der Waals surface area contributed by atoms with Crippen molar-refractivity contribution in [2.45, 2.75) is 37.9 Å². The Balaban J connectivity index is 1.34. The normalized spacial score (nSPS) is 20.2. The van der Waals surface area contributed by atoms with E-state index in [1.54, 1.807) is 43.3 Å². The van der Waals surface area contributed by atoms with E-state index < -0.39 is 24.9 Å². The number of pyridine rings is 1. The van der Waals surface area contributed by atoms with E-state index in [0.29, 0.717) is 52.8 Å². The van der Waals surface area contributed by atoms with Gasteiger partial charge in [-0.05, 0) is 25.1 Å². The molecule has 2 aliphatic rings. The van der Waals surface area contributed by atoms with Crippen LogP contribution in [0, 0.1) is 6.92 Å². The lowest BCUT2D eigenvalue weighted by Crippen LogP contribution is -2.48. The Hall–Kier alpha value is -3.52. The van der Waals surface area contributed by atoms with E-state index in [1.807, 2.05) is 0 Å². The monoisotopic (exact) mass is 519 g/mol. The van der Waals surface area contributed by atoms with Crippen molar-refractivity contribution in [3.05, 3.63) is 30.2 Å². The second-order valence-corrected chi connectivity index (χ2v) is 9.34. The van der Waals surface area contributed by atoms with Gasteiger partial charge in [-0.3, -0.25) is 4.90 Å². The molecule has 0 saturated carbocycles. The van der Waals surface area contributed by atoms with Crippen LogP contribution in [0.4, 0.5) is 29.3 Å². The Morgan fingerprint density at radius 2 is 1.97 bits per heavy atom. The van der Waals surface area contributed by atoms with Crippen molar-refractivity contribution in [1.29, 1.82) is 0 Å². The lowest BCUT2D eigenvalue weighted by molar-refractivity contribution is -0.0711. The van der Waals surface area contributed by atoms with Crippen molar-refractivity contribution in [2.24, 2.45) is 0 Å². The highest BCUT2D eigenvalue weighted by Gasteiger charge is 2.51. The van der Waals surface area contributed by atoms with Crippen LogP contribution in [-0.2, 0) is 11.3 Å². The molecule has 196 valence electrons. The molecule has 2 saturated heterocycles. The van der Waals surface area contributed by atoms with Gasteiger partial charge < -0.3 is 19.9 Å². The minimum atomic E-state index is -2.95. The molecule has 0 unspecified atom stereocenters. The molecule has 0 aromatic carbocycles. The van der Waals surface area contributed by atoms with Crippen LogP contribution in [0.1, 0.15) is 5.82 Å². The summed E-state index contributed by atoms with van der Waals surface area (Å²) in [5.74, 6) is -2.04. The van der Waals surface area contributed by atoms with E-state index in [0.717, 1.165) is 0 Å². The first-order chi connectivity index (χ1) is 17.7. The SMILES string of the molecule is CNc1nc(N[C@@H]2CN(C3COC3)CC2(F)F)nn2ccc(-c3ccc4nc(C)n(CC(F)F)c4n3)c12. The molecule has 6 rings (SSSR count). The van der Waals surface area contributed by atoms with Gasteiger partial charge in [-0.1, -0.05) is 0 Å². The highest BCUT2D eigenvalue weighted by atomic mass is 19.3.